The summed E-state index contributed by atoms with van der Waals surface area (Å²) in [6.07, 6.45) is 3.08. The summed E-state index contributed by atoms with van der Waals surface area (Å²) >= 11 is 0. The Kier molecular flexibility index (Phi) is 3.97. The average molecular weight is 276 g/mol. The maximum absolute atomic E-state index is 12.5. The lowest BCUT2D eigenvalue weighted by atomic mass is 9.96. The van der Waals surface area contributed by atoms with Crippen LogP contribution in [0.2, 0.25) is 0 Å². The number of anilines is 2. The van der Waals surface area contributed by atoms with E-state index in [2.05, 4.69) is 6.92 Å². The van der Waals surface area contributed by atoms with E-state index in [1.807, 2.05) is 0 Å². The van der Waals surface area contributed by atoms with Gasteiger partial charge in [-0.05, 0) is 37.0 Å². The zero-order valence-corrected chi connectivity index (χ0v) is 11.8. The summed E-state index contributed by atoms with van der Waals surface area (Å²) in [5.74, 6) is -0.533. The Morgan fingerprint density at radius 2 is 2.05 bits per heavy atom. The number of carbonyl (C=O) groups excluding carboxylic acids is 1. The number of aromatic carboxylic acids is 1. The van der Waals surface area contributed by atoms with Gasteiger partial charge in [0.25, 0.3) is 0 Å². The van der Waals surface area contributed by atoms with Crippen molar-refractivity contribution >= 4 is 23.3 Å². The minimum Gasteiger partial charge on any atom is -0.478 e. The van der Waals surface area contributed by atoms with Gasteiger partial charge in [0.15, 0.2) is 0 Å². The van der Waals surface area contributed by atoms with Crippen LogP contribution in [-0.2, 0) is 4.79 Å². The van der Waals surface area contributed by atoms with Crippen molar-refractivity contribution in [1.82, 2.24) is 0 Å². The first-order valence-electron chi connectivity index (χ1n) is 6.82. The van der Waals surface area contributed by atoms with E-state index in [1.165, 1.54) is 12.1 Å². The van der Waals surface area contributed by atoms with Crippen LogP contribution < -0.4 is 10.6 Å². The highest BCUT2D eigenvalue weighted by atomic mass is 16.4. The van der Waals surface area contributed by atoms with Crippen LogP contribution in [0.4, 0.5) is 11.4 Å². The highest BCUT2D eigenvalue weighted by Crippen LogP contribution is 2.34. The number of carboxylic acids is 1. The molecule has 0 saturated heterocycles. The van der Waals surface area contributed by atoms with Crippen molar-refractivity contribution in [3.63, 3.8) is 0 Å². The molecule has 0 aliphatic heterocycles. The Morgan fingerprint density at radius 1 is 1.35 bits per heavy atom. The summed E-state index contributed by atoms with van der Waals surface area (Å²) in [4.78, 5) is 24.9. The van der Waals surface area contributed by atoms with Crippen LogP contribution in [0.25, 0.3) is 0 Å². The molecule has 1 fully saturated rings. The molecule has 0 radical (unpaired) electrons. The molecule has 2 rings (SSSR count). The summed E-state index contributed by atoms with van der Waals surface area (Å²) in [7, 11) is 1.69. The molecule has 1 aliphatic rings. The van der Waals surface area contributed by atoms with Crippen LogP contribution in [0.1, 0.15) is 36.5 Å². The van der Waals surface area contributed by atoms with Crippen LogP contribution in [0, 0.1) is 11.8 Å². The van der Waals surface area contributed by atoms with E-state index in [-0.39, 0.29) is 17.4 Å². The molecule has 5 heteroatoms. The monoisotopic (exact) mass is 276 g/mol. The lowest BCUT2D eigenvalue weighted by Crippen LogP contribution is -2.34. The minimum atomic E-state index is -1.03. The third-order valence-electron chi connectivity index (χ3n) is 4.15. The molecular formula is C15H20N2O3. The van der Waals surface area contributed by atoms with Gasteiger partial charge in [-0.25, -0.2) is 4.79 Å². The molecule has 5 nitrogen and oxygen atoms in total. The lowest BCUT2D eigenvalue weighted by Gasteiger charge is -2.24. The first kappa shape index (κ1) is 14.4. The zero-order chi connectivity index (χ0) is 14.9. The molecular weight excluding hydrogens is 256 g/mol. The van der Waals surface area contributed by atoms with Gasteiger partial charge < -0.3 is 15.7 Å². The van der Waals surface area contributed by atoms with Crippen LogP contribution in [-0.4, -0.2) is 24.0 Å². The van der Waals surface area contributed by atoms with Crippen molar-refractivity contribution in [3.05, 3.63) is 23.8 Å². The summed E-state index contributed by atoms with van der Waals surface area (Å²) in [5.41, 5.74) is 6.88. The molecule has 0 spiro atoms. The smallest absolute Gasteiger partial charge is 0.335 e. The number of rotatable bonds is 3. The highest BCUT2D eigenvalue weighted by molar-refractivity contribution is 5.99. The Bertz CT molecular complexity index is 542. The number of nitrogen functional groups attached to an aromatic ring is 1. The predicted molar refractivity (Wildman–Crippen MR) is 77.7 cm³/mol. The molecule has 1 aliphatic carbocycles. The fraction of sp³-hybridized carbons (Fsp3) is 0.467. The number of nitrogens with zero attached hydrogens (tertiary/aromatic N) is 1. The van der Waals surface area contributed by atoms with Gasteiger partial charge in [-0.15, -0.1) is 0 Å². The Hall–Kier alpha value is -2.04. The van der Waals surface area contributed by atoms with Crippen LogP contribution in [0.15, 0.2) is 18.2 Å². The van der Waals surface area contributed by atoms with Crippen LogP contribution in [0.3, 0.4) is 0 Å². The third-order valence-corrected chi connectivity index (χ3v) is 4.15. The van der Waals surface area contributed by atoms with Crippen molar-refractivity contribution < 1.29 is 14.7 Å². The number of carbonyl (C=O) groups is 2. The molecule has 1 saturated carbocycles. The fourth-order valence-corrected chi connectivity index (χ4v) is 2.87. The molecule has 1 aromatic rings. The van der Waals surface area contributed by atoms with Crippen molar-refractivity contribution in [2.75, 3.05) is 17.7 Å². The Balaban J connectivity index is 2.22. The molecule has 0 heterocycles. The van der Waals surface area contributed by atoms with Crippen LogP contribution >= 0.6 is 0 Å². The maximum atomic E-state index is 12.5. The number of benzene rings is 1. The Labute approximate surface area is 118 Å². The average Bonchev–Trinajstić information content (AvgIpc) is 2.83. The minimum absolute atomic E-state index is 0.0403. The van der Waals surface area contributed by atoms with Gasteiger partial charge in [0.05, 0.1) is 16.9 Å². The quantitative estimate of drug-likeness (QED) is 0.830. The number of carboxylic acid groups (broad SMARTS) is 1. The van der Waals surface area contributed by atoms with Gasteiger partial charge in [0.1, 0.15) is 0 Å². The van der Waals surface area contributed by atoms with Crippen molar-refractivity contribution in [2.24, 2.45) is 11.8 Å². The topological polar surface area (TPSA) is 83.6 Å². The van der Waals surface area contributed by atoms with E-state index >= 15 is 0 Å². The normalized spacial score (nSPS) is 21.7. The van der Waals surface area contributed by atoms with E-state index < -0.39 is 5.97 Å². The Morgan fingerprint density at radius 3 is 2.55 bits per heavy atom. The lowest BCUT2D eigenvalue weighted by molar-refractivity contribution is -0.122. The predicted octanol–water partition coefficient (Wildman–Crippen LogP) is 2.37. The summed E-state index contributed by atoms with van der Waals surface area (Å²) < 4.78 is 0. The van der Waals surface area contributed by atoms with Gasteiger partial charge >= 0.3 is 5.97 Å². The van der Waals surface area contributed by atoms with Gasteiger partial charge in [-0.2, -0.15) is 0 Å². The second kappa shape index (κ2) is 5.53. The first-order chi connectivity index (χ1) is 9.41. The van der Waals surface area contributed by atoms with Gasteiger partial charge in [0, 0.05) is 13.0 Å². The second-order valence-corrected chi connectivity index (χ2v) is 5.49. The number of amides is 1. The van der Waals surface area contributed by atoms with Gasteiger partial charge in [-0.3, -0.25) is 4.79 Å². The van der Waals surface area contributed by atoms with E-state index in [9.17, 15) is 9.59 Å². The van der Waals surface area contributed by atoms with Crippen LogP contribution in [0.5, 0.6) is 0 Å². The zero-order valence-electron chi connectivity index (χ0n) is 11.8. The fourth-order valence-electron chi connectivity index (χ4n) is 2.87. The molecule has 1 amide bonds. The molecule has 2 unspecified atom stereocenters. The van der Waals surface area contributed by atoms with E-state index in [1.54, 1.807) is 18.0 Å². The SMILES string of the molecule is CC1CCCC1C(=O)N(C)c1ccc(C(=O)O)cc1N. The summed E-state index contributed by atoms with van der Waals surface area (Å²) in [6, 6.07) is 4.45. The first-order valence-corrected chi connectivity index (χ1v) is 6.82. The standard InChI is InChI=1S/C15H20N2O3/c1-9-4-3-5-11(9)14(18)17(2)13-7-6-10(15(19)20)8-12(13)16/h6-9,11H,3-5,16H2,1-2H3,(H,19,20). The van der Waals surface area contributed by atoms with Gasteiger partial charge in [0.2, 0.25) is 5.91 Å². The van der Waals surface area contributed by atoms with Crippen molar-refractivity contribution in [3.8, 4) is 0 Å². The summed E-state index contributed by atoms with van der Waals surface area (Å²) in [5, 5.41) is 8.92. The highest BCUT2D eigenvalue weighted by Gasteiger charge is 2.32. The van der Waals surface area contributed by atoms with Gasteiger partial charge in [-0.1, -0.05) is 13.3 Å². The summed E-state index contributed by atoms with van der Waals surface area (Å²) in [6.45, 7) is 2.10. The molecule has 1 aromatic carbocycles. The molecule has 0 bridgehead atoms. The van der Waals surface area contributed by atoms with E-state index in [0.717, 1.165) is 19.3 Å². The number of nitrogens with two attached hydrogens (primary N) is 1. The maximum Gasteiger partial charge on any atom is 0.335 e. The molecule has 2 atom stereocenters. The third kappa shape index (κ3) is 2.61. The molecule has 3 N–H and O–H groups in total. The molecule has 108 valence electrons. The van der Waals surface area contributed by atoms with E-state index in [0.29, 0.717) is 17.3 Å². The van der Waals surface area contributed by atoms with Crippen molar-refractivity contribution in [2.45, 2.75) is 26.2 Å². The number of hydrogen-bond donors (Lipinski definition) is 2. The molecule has 0 aromatic heterocycles. The molecule has 20 heavy (non-hydrogen) atoms. The number of hydrogen-bond acceptors (Lipinski definition) is 3. The largest absolute Gasteiger partial charge is 0.478 e. The van der Waals surface area contributed by atoms with Crippen molar-refractivity contribution in [1.29, 1.82) is 0 Å². The second-order valence-electron chi connectivity index (χ2n) is 5.49. The van der Waals surface area contributed by atoms with E-state index in [4.69, 9.17) is 10.8 Å².